The number of rotatable bonds is 4. The van der Waals surface area contributed by atoms with E-state index in [2.05, 4.69) is 10.3 Å². The predicted octanol–water partition coefficient (Wildman–Crippen LogP) is 5.52. The summed E-state index contributed by atoms with van der Waals surface area (Å²) in [5, 5.41) is 12.6. The molecule has 1 heterocycles. The van der Waals surface area contributed by atoms with E-state index in [4.69, 9.17) is 0 Å². The fourth-order valence-electron chi connectivity index (χ4n) is 2.39. The molecule has 144 valence electrons. The number of hydrogen-bond acceptors (Lipinski definition) is 4. The fourth-order valence-corrected chi connectivity index (χ4v) is 3.27. The molecule has 0 fully saturated rings. The Morgan fingerprint density at radius 3 is 2.46 bits per heavy atom. The maximum atomic E-state index is 12.6. The average Bonchev–Trinajstić information content (AvgIpc) is 2.64. The van der Waals surface area contributed by atoms with Gasteiger partial charge in [0.1, 0.15) is 5.75 Å². The van der Waals surface area contributed by atoms with Crippen molar-refractivity contribution in [2.75, 3.05) is 5.32 Å². The highest BCUT2D eigenvalue weighted by molar-refractivity contribution is 7.99. The molecule has 0 saturated heterocycles. The van der Waals surface area contributed by atoms with Crippen LogP contribution in [0.1, 0.15) is 21.6 Å². The number of alkyl halides is 3. The van der Waals surface area contributed by atoms with Gasteiger partial charge in [-0.15, -0.1) is 0 Å². The van der Waals surface area contributed by atoms with Gasteiger partial charge in [-0.3, -0.25) is 4.79 Å². The van der Waals surface area contributed by atoms with E-state index in [1.165, 1.54) is 30.1 Å². The van der Waals surface area contributed by atoms with Crippen LogP contribution in [0.5, 0.6) is 5.75 Å². The number of nitrogens with one attached hydrogen (secondary N) is 1. The van der Waals surface area contributed by atoms with Gasteiger partial charge in [0, 0.05) is 21.7 Å². The van der Waals surface area contributed by atoms with E-state index in [1.807, 2.05) is 0 Å². The number of hydrogen-bond donors (Lipinski definition) is 2. The number of aromatic nitrogens is 1. The maximum absolute atomic E-state index is 12.6. The number of anilines is 1. The number of aromatic hydroxyl groups is 1. The highest BCUT2D eigenvalue weighted by Gasteiger charge is 2.29. The second kappa shape index (κ2) is 7.93. The summed E-state index contributed by atoms with van der Waals surface area (Å²) in [5.74, 6) is -0.742. The largest absolute Gasteiger partial charge is 0.505 e. The van der Waals surface area contributed by atoms with Crippen LogP contribution in [0.3, 0.4) is 0 Å². The minimum absolute atomic E-state index is 0.0826. The van der Waals surface area contributed by atoms with Crippen molar-refractivity contribution < 1.29 is 23.1 Å². The lowest BCUT2D eigenvalue weighted by atomic mass is 10.2. The summed E-state index contributed by atoms with van der Waals surface area (Å²) < 4.78 is 37.9. The van der Waals surface area contributed by atoms with E-state index < -0.39 is 17.6 Å². The van der Waals surface area contributed by atoms with E-state index in [-0.39, 0.29) is 11.4 Å². The standard InChI is InChI=1S/C20H15F3N2O2S/c1-12-9-10-24-17(18(12)26)19(27)25-14-3-2-4-16(11-14)28-15-7-5-13(6-8-15)20(21,22)23/h2-11,26H,1H3,(H,25,27). The van der Waals surface area contributed by atoms with Crippen molar-refractivity contribution in [3.05, 3.63) is 77.6 Å². The maximum Gasteiger partial charge on any atom is 0.416 e. The van der Waals surface area contributed by atoms with Crippen molar-refractivity contribution in [1.82, 2.24) is 4.98 Å². The average molecular weight is 404 g/mol. The van der Waals surface area contributed by atoms with E-state index in [1.54, 1.807) is 37.3 Å². The number of aryl methyl sites for hydroxylation is 1. The molecule has 0 aliphatic carbocycles. The van der Waals surface area contributed by atoms with Crippen molar-refractivity contribution in [1.29, 1.82) is 0 Å². The van der Waals surface area contributed by atoms with Crippen molar-refractivity contribution in [2.45, 2.75) is 22.9 Å². The molecule has 2 aromatic carbocycles. The van der Waals surface area contributed by atoms with Gasteiger partial charge in [0.15, 0.2) is 5.69 Å². The molecule has 28 heavy (non-hydrogen) atoms. The van der Waals surface area contributed by atoms with Crippen LogP contribution in [0, 0.1) is 6.92 Å². The van der Waals surface area contributed by atoms with Gasteiger partial charge in [0.05, 0.1) is 5.56 Å². The summed E-state index contributed by atoms with van der Waals surface area (Å²) in [6.07, 6.45) is -2.94. The molecule has 8 heteroatoms. The molecule has 4 nitrogen and oxygen atoms in total. The van der Waals surface area contributed by atoms with Crippen LogP contribution >= 0.6 is 11.8 Å². The number of carbonyl (C=O) groups excluding carboxylic acids is 1. The zero-order chi connectivity index (χ0) is 20.3. The Labute approximate surface area is 163 Å². The lowest BCUT2D eigenvalue weighted by molar-refractivity contribution is -0.137. The van der Waals surface area contributed by atoms with Crippen molar-refractivity contribution in [3.8, 4) is 5.75 Å². The molecule has 0 atom stereocenters. The molecule has 0 aliphatic rings. The van der Waals surface area contributed by atoms with Crippen LogP contribution in [0.4, 0.5) is 18.9 Å². The first-order chi connectivity index (χ1) is 13.2. The fraction of sp³-hybridized carbons (Fsp3) is 0.100. The van der Waals surface area contributed by atoms with E-state index in [0.717, 1.165) is 17.0 Å². The molecule has 1 aromatic heterocycles. The minimum atomic E-state index is -4.37. The molecule has 3 rings (SSSR count). The van der Waals surface area contributed by atoms with Gasteiger partial charge in [-0.25, -0.2) is 4.98 Å². The Balaban J connectivity index is 1.73. The SMILES string of the molecule is Cc1ccnc(C(=O)Nc2cccc(Sc3ccc(C(F)(F)F)cc3)c2)c1O. The Morgan fingerprint density at radius 2 is 1.79 bits per heavy atom. The lowest BCUT2D eigenvalue weighted by Gasteiger charge is -2.10. The summed E-state index contributed by atoms with van der Waals surface area (Å²) in [6, 6.07) is 13.3. The van der Waals surface area contributed by atoms with Crippen molar-refractivity contribution in [2.24, 2.45) is 0 Å². The molecule has 0 bridgehead atoms. The highest BCUT2D eigenvalue weighted by Crippen LogP contribution is 2.33. The molecular weight excluding hydrogens is 389 g/mol. The van der Waals surface area contributed by atoms with Crippen LogP contribution in [0.15, 0.2) is 70.6 Å². The van der Waals surface area contributed by atoms with Crippen molar-refractivity contribution >= 4 is 23.4 Å². The third-order valence-electron chi connectivity index (χ3n) is 3.85. The van der Waals surface area contributed by atoms with E-state index >= 15 is 0 Å². The Morgan fingerprint density at radius 1 is 1.07 bits per heavy atom. The molecule has 0 aliphatic heterocycles. The molecule has 0 unspecified atom stereocenters. The van der Waals surface area contributed by atoms with E-state index in [9.17, 15) is 23.1 Å². The van der Waals surface area contributed by atoms with Gasteiger partial charge in [-0.2, -0.15) is 13.2 Å². The third kappa shape index (κ3) is 4.64. The first kappa shape index (κ1) is 19.8. The molecule has 0 saturated carbocycles. The number of amides is 1. The van der Waals surface area contributed by atoms with E-state index in [0.29, 0.717) is 16.1 Å². The summed E-state index contributed by atoms with van der Waals surface area (Å²) in [5.41, 5.74) is 0.223. The first-order valence-electron chi connectivity index (χ1n) is 8.15. The molecule has 3 aromatic rings. The van der Waals surface area contributed by atoms with Crippen LogP contribution < -0.4 is 5.32 Å². The summed E-state index contributed by atoms with van der Waals surface area (Å²) >= 11 is 1.27. The van der Waals surface area contributed by atoms with Crippen LogP contribution in [0.2, 0.25) is 0 Å². The second-order valence-electron chi connectivity index (χ2n) is 5.93. The summed E-state index contributed by atoms with van der Waals surface area (Å²) in [6.45, 7) is 1.66. The van der Waals surface area contributed by atoms with Gasteiger partial charge in [-0.1, -0.05) is 17.8 Å². The zero-order valence-corrected chi connectivity index (χ0v) is 15.4. The Hall–Kier alpha value is -3.00. The van der Waals surface area contributed by atoms with Crippen LogP contribution in [-0.2, 0) is 6.18 Å². The molecule has 2 N–H and O–H groups in total. The topological polar surface area (TPSA) is 62.2 Å². The van der Waals surface area contributed by atoms with Gasteiger partial charge in [-0.05, 0) is 61.0 Å². The van der Waals surface area contributed by atoms with Gasteiger partial charge < -0.3 is 10.4 Å². The van der Waals surface area contributed by atoms with Gasteiger partial charge in [0.25, 0.3) is 5.91 Å². The minimum Gasteiger partial charge on any atom is -0.505 e. The second-order valence-corrected chi connectivity index (χ2v) is 7.08. The summed E-state index contributed by atoms with van der Waals surface area (Å²) in [4.78, 5) is 17.6. The third-order valence-corrected chi connectivity index (χ3v) is 4.85. The number of benzene rings is 2. The molecule has 1 amide bonds. The quantitative estimate of drug-likeness (QED) is 0.601. The monoisotopic (exact) mass is 404 g/mol. The van der Waals surface area contributed by atoms with Gasteiger partial charge >= 0.3 is 6.18 Å². The summed E-state index contributed by atoms with van der Waals surface area (Å²) in [7, 11) is 0. The predicted molar refractivity (Wildman–Crippen MR) is 101 cm³/mol. The van der Waals surface area contributed by atoms with Crippen LogP contribution in [-0.4, -0.2) is 16.0 Å². The molecule has 0 radical (unpaired) electrons. The lowest BCUT2D eigenvalue weighted by Crippen LogP contribution is -2.14. The van der Waals surface area contributed by atoms with Gasteiger partial charge in [0.2, 0.25) is 0 Å². The van der Waals surface area contributed by atoms with Crippen LogP contribution in [0.25, 0.3) is 0 Å². The Kier molecular flexibility index (Phi) is 5.60. The van der Waals surface area contributed by atoms with Crippen molar-refractivity contribution in [3.63, 3.8) is 0 Å². The highest BCUT2D eigenvalue weighted by atomic mass is 32.2. The Bertz CT molecular complexity index is 1010. The molecule has 0 spiro atoms. The molecular formula is C20H15F3N2O2S. The first-order valence-corrected chi connectivity index (χ1v) is 8.97. The number of halogens is 3. The normalized spacial score (nSPS) is 11.3. The number of carbonyl (C=O) groups is 1. The zero-order valence-electron chi connectivity index (χ0n) is 14.6. The number of pyridine rings is 1. The number of nitrogens with zero attached hydrogens (tertiary/aromatic N) is 1. The smallest absolute Gasteiger partial charge is 0.416 e.